The summed E-state index contributed by atoms with van der Waals surface area (Å²) in [5.41, 5.74) is 1.44. The number of aromatic nitrogens is 3. The number of fused-ring (bicyclic) bond motifs is 1. The van der Waals surface area contributed by atoms with Gasteiger partial charge in [0, 0.05) is 25.3 Å². The SMILES string of the molecule is Cc1onc(-c2ccccc2Cl)c1C(=O)Nc1ccc2c(c1)n(C)c(=O)c(=O)n2C. The zero-order chi connectivity index (χ0) is 21.6. The quantitative estimate of drug-likeness (QED) is 0.509. The van der Waals surface area contributed by atoms with Gasteiger partial charge >= 0.3 is 11.1 Å². The molecule has 8 nitrogen and oxygen atoms in total. The van der Waals surface area contributed by atoms with Gasteiger partial charge in [-0.2, -0.15) is 0 Å². The molecule has 30 heavy (non-hydrogen) atoms. The number of aryl methyl sites for hydroxylation is 3. The molecule has 0 aliphatic heterocycles. The average molecular weight is 425 g/mol. The van der Waals surface area contributed by atoms with Crippen molar-refractivity contribution in [3.05, 3.63) is 79.5 Å². The Labute approximate surface area is 175 Å². The summed E-state index contributed by atoms with van der Waals surface area (Å²) in [6.07, 6.45) is 0. The number of carbonyl (C=O) groups excluding carboxylic acids is 1. The van der Waals surface area contributed by atoms with E-state index in [9.17, 15) is 14.4 Å². The zero-order valence-electron chi connectivity index (χ0n) is 16.4. The Kier molecular flexibility index (Phi) is 4.79. The van der Waals surface area contributed by atoms with Gasteiger partial charge in [0.15, 0.2) is 0 Å². The number of carbonyl (C=O) groups is 1. The molecule has 2 heterocycles. The lowest BCUT2D eigenvalue weighted by Crippen LogP contribution is -2.39. The summed E-state index contributed by atoms with van der Waals surface area (Å²) in [5.74, 6) is -0.0872. The number of hydrogen-bond acceptors (Lipinski definition) is 5. The van der Waals surface area contributed by atoms with Crippen LogP contribution in [0.4, 0.5) is 5.69 Å². The zero-order valence-corrected chi connectivity index (χ0v) is 17.1. The molecule has 0 bridgehead atoms. The number of hydrogen-bond donors (Lipinski definition) is 1. The van der Waals surface area contributed by atoms with Gasteiger partial charge in [-0.3, -0.25) is 14.4 Å². The molecule has 0 saturated heterocycles. The van der Waals surface area contributed by atoms with E-state index in [2.05, 4.69) is 10.5 Å². The van der Waals surface area contributed by atoms with Crippen LogP contribution in [-0.4, -0.2) is 20.2 Å². The summed E-state index contributed by atoms with van der Waals surface area (Å²) in [6.45, 7) is 1.64. The minimum Gasteiger partial charge on any atom is -0.360 e. The molecular weight excluding hydrogens is 408 g/mol. The van der Waals surface area contributed by atoms with Crippen LogP contribution in [0.2, 0.25) is 5.02 Å². The molecule has 4 rings (SSSR count). The van der Waals surface area contributed by atoms with Crippen molar-refractivity contribution in [1.82, 2.24) is 14.3 Å². The molecule has 0 unspecified atom stereocenters. The predicted molar refractivity (Wildman–Crippen MR) is 114 cm³/mol. The molecule has 0 atom stereocenters. The Balaban J connectivity index is 1.77. The van der Waals surface area contributed by atoms with Gasteiger partial charge in [0.25, 0.3) is 5.91 Å². The van der Waals surface area contributed by atoms with Crippen LogP contribution in [-0.2, 0) is 14.1 Å². The average Bonchev–Trinajstić information content (AvgIpc) is 3.12. The van der Waals surface area contributed by atoms with Crippen LogP contribution >= 0.6 is 11.6 Å². The van der Waals surface area contributed by atoms with Crippen LogP contribution in [0.1, 0.15) is 16.1 Å². The first-order valence-electron chi connectivity index (χ1n) is 9.02. The van der Waals surface area contributed by atoms with Crippen molar-refractivity contribution < 1.29 is 9.32 Å². The van der Waals surface area contributed by atoms with Gasteiger partial charge in [-0.1, -0.05) is 35.0 Å². The summed E-state index contributed by atoms with van der Waals surface area (Å²) in [4.78, 5) is 37.1. The van der Waals surface area contributed by atoms with Crippen molar-refractivity contribution in [3.8, 4) is 11.3 Å². The van der Waals surface area contributed by atoms with Crippen molar-refractivity contribution in [1.29, 1.82) is 0 Å². The number of nitrogens with zero attached hydrogens (tertiary/aromatic N) is 3. The molecule has 0 aliphatic rings. The molecule has 4 aromatic rings. The summed E-state index contributed by atoms with van der Waals surface area (Å²) >= 11 is 6.26. The van der Waals surface area contributed by atoms with E-state index in [0.29, 0.717) is 38.8 Å². The first-order valence-corrected chi connectivity index (χ1v) is 9.39. The van der Waals surface area contributed by atoms with Crippen LogP contribution < -0.4 is 16.4 Å². The topological polar surface area (TPSA) is 99.1 Å². The first kappa shape index (κ1) is 19.7. The smallest absolute Gasteiger partial charge is 0.316 e. The van der Waals surface area contributed by atoms with Crippen LogP contribution in [0.3, 0.4) is 0 Å². The molecular formula is C21H17ClN4O4. The van der Waals surface area contributed by atoms with Crippen LogP contribution in [0.15, 0.2) is 56.6 Å². The maximum Gasteiger partial charge on any atom is 0.316 e. The molecule has 2 aromatic heterocycles. The van der Waals surface area contributed by atoms with Gasteiger partial charge in [-0.05, 0) is 31.2 Å². The van der Waals surface area contributed by atoms with E-state index < -0.39 is 17.0 Å². The van der Waals surface area contributed by atoms with E-state index in [1.54, 1.807) is 49.4 Å². The lowest BCUT2D eigenvalue weighted by molar-refractivity contribution is 0.102. The largest absolute Gasteiger partial charge is 0.360 e. The highest BCUT2D eigenvalue weighted by molar-refractivity contribution is 6.33. The van der Waals surface area contributed by atoms with Crippen molar-refractivity contribution in [2.45, 2.75) is 6.92 Å². The summed E-state index contributed by atoms with van der Waals surface area (Å²) in [6, 6.07) is 12.0. The van der Waals surface area contributed by atoms with Gasteiger partial charge in [0.1, 0.15) is 17.0 Å². The minimum absolute atomic E-state index is 0.262. The van der Waals surface area contributed by atoms with Gasteiger partial charge in [0.2, 0.25) is 0 Å². The third kappa shape index (κ3) is 3.11. The third-order valence-corrected chi connectivity index (χ3v) is 5.30. The molecule has 0 aliphatic carbocycles. The number of benzene rings is 2. The summed E-state index contributed by atoms with van der Waals surface area (Å²) in [5, 5.41) is 7.25. The standard InChI is InChI=1S/C21H17ClN4O4/c1-11-17(18(24-30-11)13-6-4-5-7-14(13)22)19(27)23-12-8-9-15-16(10-12)26(3)21(29)20(28)25(15)2/h4-10H,1-3H3,(H,23,27). The molecule has 0 saturated carbocycles. The third-order valence-electron chi connectivity index (χ3n) is 4.97. The Bertz CT molecular complexity index is 1430. The second-order valence-corrected chi connectivity index (χ2v) is 7.24. The monoisotopic (exact) mass is 424 g/mol. The van der Waals surface area contributed by atoms with Crippen LogP contribution in [0.25, 0.3) is 22.3 Å². The van der Waals surface area contributed by atoms with E-state index >= 15 is 0 Å². The van der Waals surface area contributed by atoms with Crippen molar-refractivity contribution in [2.75, 3.05) is 5.32 Å². The summed E-state index contributed by atoms with van der Waals surface area (Å²) < 4.78 is 7.78. The van der Waals surface area contributed by atoms with E-state index in [1.165, 1.54) is 23.2 Å². The molecule has 0 spiro atoms. The molecule has 0 radical (unpaired) electrons. The normalized spacial score (nSPS) is 11.1. The maximum absolute atomic E-state index is 13.0. The Morgan fingerprint density at radius 3 is 2.40 bits per heavy atom. The Hall–Kier alpha value is -3.65. The number of nitrogens with one attached hydrogen (secondary N) is 1. The predicted octanol–water partition coefficient (Wildman–Crippen LogP) is 3.11. The van der Waals surface area contributed by atoms with E-state index in [1.807, 2.05) is 0 Å². The molecule has 9 heteroatoms. The minimum atomic E-state index is -0.649. The Morgan fingerprint density at radius 2 is 1.70 bits per heavy atom. The van der Waals surface area contributed by atoms with Gasteiger partial charge in [-0.25, -0.2) is 0 Å². The van der Waals surface area contributed by atoms with Gasteiger partial charge in [-0.15, -0.1) is 0 Å². The highest BCUT2D eigenvalue weighted by Crippen LogP contribution is 2.31. The number of amides is 1. The van der Waals surface area contributed by atoms with Crippen LogP contribution in [0, 0.1) is 6.92 Å². The van der Waals surface area contributed by atoms with Gasteiger partial charge in [0.05, 0.1) is 16.1 Å². The lowest BCUT2D eigenvalue weighted by atomic mass is 10.1. The fraction of sp³-hybridized carbons (Fsp3) is 0.143. The number of rotatable bonds is 3. The number of anilines is 1. The maximum atomic E-state index is 13.0. The van der Waals surface area contributed by atoms with Crippen molar-refractivity contribution in [2.24, 2.45) is 14.1 Å². The first-order chi connectivity index (χ1) is 14.3. The van der Waals surface area contributed by atoms with Crippen molar-refractivity contribution >= 4 is 34.2 Å². The highest BCUT2D eigenvalue weighted by Gasteiger charge is 2.23. The van der Waals surface area contributed by atoms with Crippen LogP contribution in [0.5, 0.6) is 0 Å². The molecule has 0 fully saturated rings. The Morgan fingerprint density at radius 1 is 1.03 bits per heavy atom. The summed E-state index contributed by atoms with van der Waals surface area (Å²) in [7, 11) is 3.04. The second kappa shape index (κ2) is 7.31. The van der Waals surface area contributed by atoms with E-state index in [-0.39, 0.29) is 5.56 Å². The van der Waals surface area contributed by atoms with E-state index in [4.69, 9.17) is 16.1 Å². The van der Waals surface area contributed by atoms with Gasteiger partial charge < -0.3 is 19.0 Å². The lowest BCUT2D eigenvalue weighted by Gasteiger charge is -2.11. The fourth-order valence-corrected chi connectivity index (χ4v) is 3.55. The number of halogens is 1. The molecule has 1 N–H and O–H groups in total. The molecule has 1 amide bonds. The highest BCUT2D eigenvalue weighted by atomic mass is 35.5. The molecule has 2 aromatic carbocycles. The fourth-order valence-electron chi connectivity index (χ4n) is 3.33. The van der Waals surface area contributed by atoms with Crippen molar-refractivity contribution in [3.63, 3.8) is 0 Å². The van der Waals surface area contributed by atoms with E-state index in [0.717, 1.165) is 0 Å². The molecule has 152 valence electrons. The second-order valence-electron chi connectivity index (χ2n) is 6.83.